The normalized spacial score (nSPS) is 11.6. The van der Waals surface area contributed by atoms with E-state index in [2.05, 4.69) is 0 Å². The van der Waals surface area contributed by atoms with Crippen LogP contribution in [-0.4, -0.2) is 18.6 Å². The van der Waals surface area contributed by atoms with Crippen LogP contribution in [0.1, 0.15) is 0 Å². The van der Waals surface area contributed by atoms with Crippen molar-refractivity contribution in [2.75, 3.05) is 4.72 Å². The van der Waals surface area contributed by atoms with Crippen LogP contribution in [0.3, 0.4) is 0 Å². The van der Waals surface area contributed by atoms with Gasteiger partial charge >= 0.3 is 0 Å². The van der Waals surface area contributed by atoms with E-state index in [1.54, 1.807) is 12.1 Å². The fourth-order valence-corrected chi connectivity index (χ4v) is 3.57. The lowest BCUT2D eigenvalue weighted by atomic mass is 10.1. The maximum atomic E-state index is 13.8. The van der Waals surface area contributed by atoms with E-state index in [4.69, 9.17) is 0 Å². The van der Waals surface area contributed by atoms with Crippen LogP contribution in [0.2, 0.25) is 0 Å². The standard InChI is InChI=1S/C16H11F2NO4S/c17-11-6-3-7-12(18)16(11)24(22,23)19-13-8-14(20)15(21)10-5-2-1-4-9(10)13/h1-8,19-21H. The van der Waals surface area contributed by atoms with Crippen LogP contribution in [0.25, 0.3) is 10.8 Å². The van der Waals surface area contributed by atoms with Crippen LogP contribution in [-0.2, 0) is 10.0 Å². The zero-order chi connectivity index (χ0) is 17.5. The number of sulfonamides is 1. The molecule has 8 heteroatoms. The summed E-state index contributed by atoms with van der Waals surface area (Å²) in [5, 5.41) is 20.0. The van der Waals surface area contributed by atoms with E-state index in [0.717, 1.165) is 24.3 Å². The molecule has 0 spiro atoms. The van der Waals surface area contributed by atoms with E-state index in [1.807, 2.05) is 4.72 Å². The first kappa shape index (κ1) is 16.0. The lowest BCUT2D eigenvalue weighted by Gasteiger charge is -2.13. The van der Waals surface area contributed by atoms with Gasteiger partial charge in [-0.25, -0.2) is 17.2 Å². The van der Waals surface area contributed by atoms with E-state index >= 15 is 0 Å². The van der Waals surface area contributed by atoms with Gasteiger partial charge < -0.3 is 10.2 Å². The van der Waals surface area contributed by atoms with E-state index in [1.165, 1.54) is 12.1 Å². The summed E-state index contributed by atoms with van der Waals surface area (Å²) in [7, 11) is -4.59. The summed E-state index contributed by atoms with van der Waals surface area (Å²) in [6, 6.07) is 9.78. The number of benzene rings is 3. The van der Waals surface area contributed by atoms with Crippen molar-refractivity contribution in [2.45, 2.75) is 4.90 Å². The van der Waals surface area contributed by atoms with Gasteiger partial charge in [0, 0.05) is 16.8 Å². The summed E-state index contributed by atoms with van der Waals surface area (Å²) < 4.78 is 54.3. The molecule has 0 aromatic heterocycles. The van der Waals surface area contributed by atoms with Crippen molar-refractivity contribution >= 4 is 26.5 Å². The fourth-order valence-electron chi connectivity index (χ4n) is 2.36. The molecule has 3 N–H and O–H groups in total. The van der Waals surface area contributed by atoms with Gasteiger partial charge in [0.15, 0.2) is 16.4 Å². The number of fused-ring (bicyclic) bond motifs is 1. The zero-order valence-corrected chi connectivity index (χ0v) is 12.8. The van der Waals surface area contributed by atoms with Crippen molar-refractivity contribution in [1.82, 2.24) is 0 Å². The topological polar surface area (TPSA) is 86.6 Å². The second kappa shape index (κ2) is 5.64. The highest BCUT2D eigenvalue weighted by atomic mass is 32.2. The van der Waals surface area contributed by atoms with Crippen molar-refractivity contribution in [3.05, 3.63) is 60.2 Å². The number of aromatic hydroxyl groups is 2. The third-order valence-electron chi connectivity index (χ3n) is 3.43. The van der Waals surface area contributed by atoms with Gasteiger partial charge in [0.1, 0.15) is 11.6 Å². The molecule has 0 saturated carbocycles. The Morgan fingerprint density at radius 3 is 2.08 bits per heavy atom. The van der Waals surface area contributed by atoms with Crippen LogP contribution in [0, 0.1) is 11.6 Å². The van der Waals surface area contributed by atoms with Gasteiger partial charge in [0.05, 0.1) is 5.69 Å². The van der Waals surface area contributed by atoms with E-state index < -0.39 is 38.1 Å². The average Bonchev–Trinajstić information content (AvgIpc) is 2.52. The van der Waals surface area contributed by atoms with Gasteiger partial charge in [0.2, 0.25) is 0 Å². The third-order valence-corrected chi connectivity index (χ3v) is 4.84. The lowest BCUT2D eigenvalue weighted by Crippen LogP contribution is -2.16. The maximum Gasteiger partial charge on any atom is 0.267 e. The molecule has 124 valence electrons. The number of hydrogen-bond acceptors (Lipinski definition) is 4. The summed E-state index contributed by atoms with van der Waals surface area (Å²) >= 11 is 0. The Kier molecular flexibility index (Phi) is 3.76. The van der Waals surface area contributed by atoms with Gasteiger partial charge in [-0.1, -0.05) is 30.3 Å². The molecule has 3 rings (SSSR count). The number of anilines is 1. The molecule has 0 fully saturated rings. The molecule has 0 atom stereocenters. The number of phenols is 2. The fraction of sp³-hybridized carbons (Fsp3) is 0. The molecule has 3 aromatic rings. The van der Waals surface area contributed by atoms with Crippen LogP contribution >= 0.6 is 0 Å². The number of phenolic OH excluding ortho intramolecular Hbond substituents is 2. The zero-order valence-electron chi connectivity index (χ0n) is 12.0. The Morgan fingerprint density at radius 1 is 0.875 bits per heavy atom. The molecule has 5 nitrogen and oxygen atoms in total. The minimum absolute atomic E-state index is 0.122. The molecule has 3 aromatic carbocycles. The van der Waals surface area contributed by atoms with Crippen LogP contribution in [0.15, 0.2) is 53.4 Å². The Balaban J connectivity index is 2.18. The quantitative estimate of drug-likeness (QED) is 0.499. The number of hydrogen-bond donors (Lipinski definition) is 3. The van der Waals surface area contributed by atoms with Gasteiger partial charge in [0.25, 0.3) is 10.0 Å². The molecular weight excluding hydrogens is 340 g/mol. The second-order valence-corrected chi connectivity index (χ2v) is 6.61. The second-order valence-electron chi connectivity index (χ2n) is 4.99. The van der Waals surface area contributed by atoms with Gasteiger partial charge in [-0.05, 0) is 12.1 Å². The Hall–Kier alpha value is -2.87. The van der Waals surface area contributed by atoms with Crippen molar-refractivity contribution in [3.8, 4) is 11.5 Å². The van der Waals surface area contributed by atoms with Crippen LogP contribution in [0.4, 0.5) is 14.5 Å². The molecule has 0 bridgehead atoms. The monoisotopic (exact) mass is 351 g/mol. The highest BCUT2D eigenvalue weighted by Gasteiger charge is 2.25. The third kappa shape index (κ3) is 2.61. The molecule has 0 heterocycles. The van der Waals surface area contributed by atoms with Crippen LogP contribution < -0.4 is 4.72 Å². The number of halogens is 2. The average molecular weight is 351 g/mol. The molecule has 0 saturated heterocycles. The number of rotatable bonds is 3. The largest absolute Gasteiger partial charge is 0.504 e. The molecule has 0 amide bonds. The number of nitrogens with one attached hydrogen (secondary N) is 1. The minimum Gasteiger partial charge on any atom is -0.504 e. The predicted molar refractivity (Wildman–Crippen MR) is 84.4 cm³/mol. The molecule has 0 aliphatic rings. The smallest absolute Gasteiger partial charge is 0.267 e. The molecule has 0 radical (unpaired) electrons. The van der Waals surface area contributed by atoms with Crippen molar-refractivity contribution in [3.63, 3.8) is 0 Å². The first-order valence-corrected chi connectivity index (χ1v) is 8.20. The van der Waals surface area contributed by atoms with Gasteiger partial charge in [-0.15, -0.1) is 0 Å². The van der Waals surface area contributed by atoms with Gasteiger partial charge in [-0.3, -0.25) is 4.72 Å². The minimum atomic E-state index is -4.59. The molecule has 24 heavy (non-hydrogen) atoms. The predicted octanol–water partition coefficient (Wildman–Crippen LogP) is 3.33. The summed E-state index contributed by atoms with van der Waals surface area (Å²) in [4.78, 5) is -1.12. The highest BCUT2D eigenvalue weighted by Crippen LogP contribution is 2.39. The van der Waals surface area contributed by atoms with Crippen molar-refractivity contribution in [2.24, 2.45) is 0 Å². The summed E-state index contributed by atoms with van der Waals surface area (Å²) in [6.45, 7) is 0. The lowest BCUT2D eigenvalue weighted by molar-refractivity contribution is 0.408. The van der Waals surface area contributed by atoms with Gasteiger partial charge in [-0.2, -0.15) is 0 Å². The van der Waals surface area contributed by atoms with E-state index in [0.29, 0.717) is 0 Å². The van der Waals surface area contributed by atoms with Crippen molar-refractivity contribution in [1.29, 1.82) is 0 Å². The maximum absolute atomic E-state index is 13.8. The Bertz CT molecular complexity index is 1030. The summed E-state index contributed by atoms with van der Waals surface area (Å²) in [6.07, 6.45) is 0. The Morgan fingerprint density at radius 2 is 1.46 bits per heavy atom. The Labute approximate surface area is 135 Å². The molecule has 0 aliphatic heterocycles. The molecule has 0 aliphatic carbocycles. The molecular formula is C16H11F2NO4S. The van der Waals surface area contributed by atoms with Crippen molar-refractivity contribution < 1.29 is 27.4 Å². The SMILES string of the molecule is O=S(=O)(Nc1cc(O)c(O)c2ccccc12)c1c(F)cccc1F. The summed E-state index contributed by atoms with van der Waals surface area (Å²) in [5.41, 5.74) is -0.122. The first-order chi connectivity index (χ1) is 11.3. The molecule has 0 unspecified atom stereocenters. The first-order valence-electron chi connectivity index (χ1n) is 6.72. The van der Waals surface area contributed by atoms with E-state index in [-0.39, 0.29) is 16.5 Å². The van der Waals surface area contributed by atoms with E-state index in [9.17, 15) is 27.4 Å². The van der Waals surface area contributed by atoms with Crippen LogP contribution in [0.5, 0.6) is 11.5 Å². The summed E-state index contributed by atoms with van der Waals surface area (Å²) in [5.74, 6) is -3.48. The highest BCUT2D eigenvalue weighted by molar-refractivity contribution is 7.92.